The number of unbranched alkanes of at least 4 members (excludes halogenated alkanes) is 2. The van der Waals surface area contributed by atoms with Crippen molar-refractivity contribution in [3.8, 4) is 5.75 Å². The Balaban J connectivity index is 1.33. The molecule has 0 fully saturated rings. The predicted molar refractivity (Wildman–Crippen MR) is 216 cm³/mol. The van der Waals surface area contributed by atoms with Crippen LogP contribution in [-0.2, 0) is 11.0 Å². The molecule has 1 aromatic heterocycles. The Morgan fingerprint density at radius 3 is 1.98 bits per heavy atom. The molecule has 0 radical (unpaired) electrons. The highest BCUT2D eigenvalue weighted by Crippen LogP contribution is 2.37. The van der Waals surface area contributed by atoms with Crippen LogP contribution in [0.2, 0.25) is 5.04 Å². The van der Waals surface area contributed by atoms with E-state index in [0.717, 1.165) is 84.7 Å². The third-order valence-corrected chi connectivity index (χ3v) is 15.1. The van der Waals surface area contributed by atoms with Gasteiger partial charge in [0.05, 0.1) is 4.88 Å². The number of hydrogen-bond acceptors (Lipinski definition) is 5. The van der Waals surface area contributed by atoms with Crippen molar-refractivity contribution in [2.75, 3.05) is 24.6 Å². The lowest BCUT2D eigenvalue weighted by atomic mass is 10.1. The van der Waals surface area contributed by atoms with E-state index in [9.17, 15) is 4.79 Å². The van der Waals surface area contributed by atoms with Gasteiger partial charge in [-0.3, -0.25) is 4.79 Å². The van der Waals surface area contributed by atoms with Crippen LogP contribution in [0.25, 0.3) is 12.2 Å². The SMILES string of the molecule is CCCCN(CCCCO[Si](c1ccccc1)(c1ccccc1)C(C)(C)C)c1ccc(/C=C\c2ccsc2C=O)c(OCc2ccccc2)c1. The number of aldehydes is 1. The van der Waals surface area contributed by atoms with Crippen LogP contribution in [0, 0.1) is 0 Å². The predicted octanol–water partition coefficient (Wildman–Crippen LogP) is 10.3. The molecule has 1 heterocycles. The molecule has 50 heavy (non-hydrogen) atoms. The van der Waals surface area contributed by atoms with E-state index >= 15 is 0 Å². The molecular weight excluding hydrogens is 651 g/mol. The molecule has 4 aromatic carbocycles. The second-order valence-corrected chi connectivity index (χ2v) is 19.0. The standard InChI is InChI=1S/C44H51NO3SSi/c1-5-6-29-45(30-16-17-31-48-50(44(2,3)4,40-20-12-8-13-21-40)41-22-14-9-15-23-41)39-27-26-37(24-25-38-28-32-49-43(38)34-46)42(33-39)47-35-36-18-10-7-11-19-36/h7-15,18-28,32-34H,5-6,16-17,29-31,35H2,1-4H3/b25-24-. The second-order valence-electron chi connectivity index (χ2n) is 13.7. The highest BCUT2D eigenvalue weighted by atomic mass is 32.1. The summed E-state index contributed by atoms with van der Waals surface area (Å²) in [5.74, 6) is 0.835. The maximum atomic E-state index is 11.5. The van der Waals surface area contributed by atoms with Gasteiger partial charge in [-0.2, -0.15) is 0 Å². The Hall–Kier alpha value is -4.23. The normalized spacial score (nSPS) is 11.9. The first-order valence-electron chi connectivity index (χ1n) is 17.9. The largest absolute Gasteiger partial charge is 0.488 e. The van der Waals surface area contributed by atoms with E-state index in [-0.39, 0.29) is 5.04 Å². The first-order valence-corrected chi connectivity index (χ1v) is 20.7. The molecule has 0 bridgehead atoms. The van der Waals surface area contributed by atoms with Crippen molar-refractivity contribution in [3.05, 3.63) is 142 Å². The Bertz CT molecular complexity index is 1740. The van der Waals surface area contributed by atoms with Crippen LogP contribution < -0.4 is 20.0 Å². The highest BCUT2D eigenvalue weighted by molar-refractivity contribution is 7.12. The lowest BCUT2D eigenvalue weighted by Crippen LogP contribution is -2.66. The molecule has 5 rings (SSSR count). The molecule has 0 atom stereocenters. The minimum atomic E-state index is -2.55. The summed E-state index contributed by atoms with van der Waals surface area (Å²) in [6.45, 7) is 12.4. The third kappa shape index (κ3) is 9.30. The number of ether oxygens (including phenoxy) is 1. The van der Waals surface area contributed by atoms with Crippen LogP contribution in [0.4, 0.5) is 5.69 Å². The lowest BCUT2D eigenvalue weighted by Gasteiger charge is -2.43. The molecule has 0 aliphatic carbocycles. The number of carbonyl (C=O) groups excluding carboxylic acids is 1. The van der Waals surface area contributed by atoms with Gasteiger partial charge in [0.15, 0.2) is 6.29 Å². The fourth-order valence-corrected chi connectivity index (χ4v) is 11.9. The first kappa shape index (κ1) is 37.0. The fourth-order valence-electron chi connectivity index (χ4n) is 6.57. The summed E-state index contributed by atoms with van der Waals surface area (Å²) in [5, 5.41) is 4.56. The van der Waals surface area contributed by atoms with Gasteiger partial charge in [0.2, 0.25) is 0 Å². The monoisotopic (exact) mass is 701 g/mol. The van der Waals surface area contributed by atoms with E-state index in [1.165, 1.54) is 21.7 Å². The Morgan fingerprint density at radius 1 is 0.740 bits per heavy atom. The van der Waals surface area contributed by atoms with Crippen LogP contribution in [0.1, 0.15) is 79.7 Å². The molecular formula is C44H51NO3SSi. The molecule has 0 amide bonds. The number of anilines is 1. The molecule has 5 aromatic rings. The number of rotatable bonds is 18. The van der Waals surface area contributed by atoms with Gasteiger partial charge in [-0.15, -0.1) is 11.3 Å². The third-order valence-electron chi connectivity index (χ3n) is 9.22. The number of carbonyl (C=O) groups is 1. The van der Waals surface area contributed by atoms with E-state index in [1.54, 1.807) is 0 Å². The maximum Gasteiger partial charge on any atom is 0.261 e. The first-order chi connectivity index (χ1) is 24.4. The van der Waals surface area contributed by atoms with E-state index in [4.69, 9.17) is 9.16 Å². The molecule has 260 valence electrons. The second kappa shape index (κ2) is 18.1. The van der Waals surface area contributed by atoms with Crippen LogP contribution in [0.15, 0.2) is 121 Å². The summed E-state index contributed by atoms with van der Waals surface area (Å²) in [4.78, 5) is 14.8. The Kier molecular flexibility index (Phi) is 13.4. The summed E-state index contributed by atoms with van der Waals surface area (Å²) in [7, 11) is -2.55. The van der Waals surface area contributed by atoms with E-state index in [2.05, 4.69) is 130 Å². The molecule has 0 aliphatic heterocycles. The van der Waals surface area contributed by atoms with E-state index < -0.39 is 8.32 Å². The zero-order valence-electron chi connectivity index (χ0n) is 30.0. The maximum absolute atomic E-state index is 11.5. The smallest absolute Gasteiger partial charge is 0.261 e. The van der Waals surface area contributed by atoms with Gasteiger partial charge in [-0.05, 0) is 69.4 Å². The number of benzene rings is 4. The summed E-state index contributed by atoms with van der Waals surface area (Å²) >= 11 is 1.46. The zero-order chi connectivity index (χ0) is 35.2. The number of nitrogens with zero attached hydrogens (tertiary/aromatic N) is 1. The van der Waals surface area contributed by atoms with Crippen LogP contribution in [0.5, 0.6) is 5.75 Å². The fraction of sp³-hybridized carbons (Fsp3) is 0.295. The van der Waals surface area contributed by atoms with Crippen molar-refractivity contribution in [3.63, 3.8) is 0 Å². The van der Waals surface area contributed by atoms with E-state index in [1.807, 2.05) is 35.7 Å². The van der Waals surface area contributed by atoms with Gasteiger partial charge in [-0.25, -0.2) is 0 Å². The summed E-state index contributed by atoms with van der Waals surface area (Å²) in [6.07, 6.45) is 9.23. The van der Waals surface area contributed by atoms with Gasteiger partial charge >= 0.3 is 0 Å². The van der Waals surface area contributed by atoms with Gasteiger partial charge < -0.3 is 14.1 Å². The highest BCUT2D eigenvalue weighted by Gasteiger charge is 2.49. The minimum Gasteiger partial charge on any atom is -0.488 e. The van der Waals surface area contributed by atoms with Crippen molar-refractivity contribution < 1.29 is 14.0 Å². The van der Waals surface area contributed by atoms with Gasteiger partial charge in [0.1, 0.15) is 12.4 Å². The molecule has 0 saturated heterocycles. The van der Waals surface area contributed by atoms with Crippen molar-refractivity contribution in [2.45, 2.75) is 65.0 Å². The van der Waals surface area contributed by atoms with Crippen LogP contribution in [-0.4, -0.2) is 34.3 Å². The summed E-state index contributed by atoms with van der Waals surface area (Å²) in [6, 6.07) is 40.6. The molecule has 0 N–H and O–H groups in total. The Morgan fingerprint density at radius 2 is 1.36 bits per heavy atom. The van der Waals surface area contributed by atoms with Gasteiger partial charge in [0.25, 0.3) is 8.32 Å². The quantitative estimate of drug-likeness (QED) is 0.0518. The average Bonchev–Trinajstić information content (AvgIpc) is 3.61. The Labute approximate surface area is 304 Å². The molecule has 0 spiro atoms. The topological polar surface area (TPSA) is 38.8 Å². The zero-order valence-corrected chi connectivity index (χ0v) is 31.8. The van der Waals surface area contributed by atoms with Crippen molar-refractivity contribution in [1.29, 1.82) is 0 Å². The lowest BCUT2D eigenvalue weighted by molar-refractivity contribution is 0.112. The van der Waals surface area contributed by atoms with E-state index in [0.29, 0.717) is 6.61 Å². The molecule has 4 nitrogen and oxygen atoms in total. The molecule has 0 saturated carbocycles. The average molecular weight is 702 g/mol. The minimum absolute atomic E-state index is 0.0343. The van der Waals surface area contributed by atoms with Crippen molar-refractivity contribution >= 4 is 54.2 Å². The van der Waals surface area contributed by atoms with Crippen molar-refractivity contribution in [2.24, 2.45) is 0 Å². The van der Waals surface area contributed by atoms with Gasteiger partial charge in [-0.1, -0.05) is 137 Å². The van der Waals surface area contributed by atoms with Gasteiger partial charge in [0, 0.05) is 37.0 Å². The molecule has 0 aliphatic rings. The number of thiophene rings is 1. The van der Waals surface area contributed by atoms with Crippen molar-refractivity contribution in [1.82, 2.24) is 0 Å². The summed E-state index contributed by atoms with van der Waals surface area (Å²) < 4.78 is 13.7. The molecule has 0 unspecified atom stereocenters. The number of hydrogen-bond donors (Lipinski definition) is 0. The molecule has 6 heteroatoms. The summed E-state index contributed by atoms with van der Waals surface area (Å²) in [5.41, 5.74) is 4.20. The van der Waals surface area contributed by atoms with Crippen LogP contribution >= 0.6 is 11.3 Å². The van der Waals surface area contributed by atoms with Crippen LogP contribution in [0.3, 0.4) is 0 Å².